The van der Waals surface area contributed by atoms with Gasteiger partial charge in [0.1, 0.15) is 0 Å². The molecule has 0 aliphatic carbocycles. The van der Waals surface area contributed by atoms with Crippen LogP contribution in [0.3, 0.4) is 0 Å². The maximum Gasteiger partial charge on any atom is 0.252 e. The molecule has 0 bridgehead atoms. The van der Waals surface area contributed by atoms with Crippen molar-refractivity contribution in [3.8, 4) is 11.8 Å². The highest BCUT2D eigenvalue weighted by atomic mass is 32.2. The summed E-state index contributed by atoms with van der Waals surface area (Å²) in [6.45, 7) is 1.87. The third kappa shape index (κ3) is 5.38. The van der Waals surface area contributed by atoms with Crippen molar-refractivity contribution in [2.75, 3.05) is 24.6 Å². The van der Waals surface area contributed by atoms with Crippen molar-refractivity contribution in [1.82, 2.24) is 10.3 Å². The quantitative estimate of drug-likeness (QED) is 0.717. The Morgan fingerprint density at radius 3 is 2.85 bits per heavy atom. The highest BCUT2D eigenvalue weighted by Gasteiger charge is 2.10. The minimum atomic E-state index is -3.08. The molecule has 6 nitrogen and oxygen atoms in total. The second-order valence-corrected chi connectivity index (χ2v) is 6.43. The molecule has 0 unspecified atom stereocenters. The number of pyridine rings is 1. The standard InChI is InChI=1S/C13H17N3O3S/c1-2-20(18,19)7-6-16-13(17)12-8-11(4-3-5-14)9-15-10-12/h8-10H,2,5-7,14H2,1H3,(H,16,17). The molecule has 0 saturated heterocycles. The molecule has 1 aromatic heterocycles. The average Bonchev–Trinajstić information content (AvgIpc) is 2.45. The van der Waals surface area contributed by atoms with Crippen LogP contribution in [-0.2, 0) is 9.84 Å². The monoisotopic (exact) mass is 295 g/mol. The molecule has 108 valence electrons. The van der Waals surface area contributed by atoms with Gasteiger partial charge in [-0.05, 0) is 6.07 Å². The minimum absolute atomic E-state index is 0.0641. The number of nitrogens with zero attached hydrogens (tertiary/aromatic N) is 1. The maximum absolute atomic E-state index is 11.8. The van der Waals surface area contributed by atoms with Crippen LogP contribution >= 0.6 is 0 Å². The molecule has 7 heteroatoms. The molecule has 1 heterocycles. The fraction of sp³-hybridized carbons (Fsp3) is 0.385. The number of amides is 1. The lowest BCUT2D eigenvalue weighted by atomic mass is 10.2. The topological polar surface area (TPSA) is 102 Å². The minimum Gasteiger partial charge on any atom is -0.351 e. The third-order valence-corrected chi connectivity index (χ3v) is 4.18. The number of rotatable bonds is 5. The molecule has 0 fully saturated rings. The van der Waals surface area contributed by atoms with E-state index in [4.69, 9.17) is 5.73 Å². The molecule has 1 aromatic rings. The highest BCUT2D eigenvalue weighted by molar-refractivity contribution is 7.91. The first-order valence-electron chi connectivity index (χ1n) is 6.11. The van der Waals surface area contributed by atoms with E-state index in [-0.39, 0.29) is 30.5 Å². The normalized spacial score (nSPS) is 10.5. The molecule has 0 spiro atoms. The zero-order valence-electron chi connectivity index (χ0n) is 11.2. The lowest BCUT2D eigenvalue weighted by molar-refractivity contribution is 0.0955. The lowest BCUT2D eigenvalue weighted by Crippen LogP contribution is -2.29. The fourth-order valence-electron chi connectivity index (χ4n) is 1.35. The van der Waals surface area contributed by atoms with Crippen LogP contribution in [0.2, 0.25) is 0 Å². The molecule has 0 aliphatic rings. The van der Waals surface area contributed by atoms with Crippen molar-refractivity contribution in [3.05, 3.63) is 29.6 Å². The summed E-state index contributed by atoms with van der Waals surface area (Å²) in [6, 6.07) is 1.58. The molecule has 0 saturated carbocycles. The van der Waals surface area contributed by atoms with E-state index in [0.29, 0.717) is 11.1 Å². The van der Waals surface area contributed by atoms with Crippen molar-refractivity contribution >= 4 is 15.7 Å². The van der Waals surface area contributed by atoms with Crippen LogP contribution in [0.15, 0.2) is 18.5 Å². The molecular weight excluding hydrogens is 278 g/mol. The Balaban J connectivity index is 2.64. The van der Waals surface area contributed by atoms with E-state index >= 15 is 0 Å². The Hall–Kier alpha value is -1.91. The molecule has 1 rings (SSSR count). The van der Waals surface area contributed by atoms with Crippen LogP contribution in [0.25, 0.3) is 0 Å². The average molecular weight is 295 g/mol. The second kappa shape index (κ2) is 7.62. The Bertz CT molecular complexity index is 630. The van der Waals surface area contributed by atoms with Crippen molar-refractivity contribution in [3.63, 3.8) is 0 Å². The number of nitrogens with two attached hydrogens (primary N) is 1. The summed E-state index contributed by atoms with van der Waals surface area (Å²) in [4.78, 5) is 15.7. The summed E-state index contributed by atoms with van der Waals surface area (Å²) in [7, 11) is -3.08. The summed E-state index contributed by atoms with van der Waals surface area (Å²) >= 11 is 0. The predicted molar refractivity (Wildman–Crippen MR) is 76.8 cm³/mol. The van der Waals surface area contributed by atoms with Gasteiger partial charge in [0.25, 0.3) is 5.91 Å². The van der Waals surface area contributed by atoms with E-state index in [0.717, 1.165) is 0 Å². The van der Waals surface area contributed by atoms with Gasteiger partial charge in [-0.3, -0.25) is 9.78 Å². The van der Waals surface area contributed by atoms with E-state index < -0.39 is 9.84 Å². The largest absolute Gasteiger partial charge is 0.351 e. The summed E-state index contributed by atoms with van der Waals surface area (Å²) < 4.78 is 22.6. The van der Waals surface area contributed by atoms with E-state index in [1.54, 1.807) is 13.0 Å². The van der Waals surface area contributed by atoms with Crippen molar-refractivity contribution in [2.24, 2.45) is 5.73 Å². The van der Waals surface area contributed by atoms with Gasteiger partial charge in [0, 0.05) is 30.3 Å². The lowest BCUT2D eigenvalue weighted by Gasteiger charge is -2.05. The van der Waals surface area contributed by atoms with Crippen molar-refractivity contribution in [2.45, 2.75) is 6.92 Å². The highest BCUT2D eigenvalue weighted by Crippen LogP contribution is 2.01. The van der Waals surface area contributed by atoms with Crippen molar-refractivity contribution in [1.29, 1.82) is 0 Å². The maximum atomic E-state index is 11.8. The SMILES string of the molecule is CCS(=O)(=O)CCNC(=O)c1cncc(C#CCN)c1. The number of carbonyl (C=O) groups is 1. The number of hydrogen-bond acceptors (Lipinski definition) is 5. The van der Waals surface area contributed by atoms with E-state index in [1.807, 2.05) is 0 Å². The zero-order chi connectivity index (χ0) is 15.0. The number of aromatic nitrogens is 1. The van der Waals surface area contributed by atoms with Gasteiger partial charge in [-0.2, -0.15) is 0 Å². The first kappa shape index (κ1) is 16.1. The van der Waals surface area contributed by atoms with Crippen molar-refractivity contribution < 1.29 is 13.2 Å². The number of hydrogen-bond donors (Lipinski definition) is 2. The van der Waals surface area contributed by atoms with Crippen LogP contribution in [0.1, 0.15) is 22.8 Å². The van der Waals surface area contributed by atoms with Crippen LogP contribution < -0.4 is 11.1 Å². The van der Waals surface area contributed by atoms with Gasteiger partial charge in [0.2, 0.25) is 0 Å². The summed E-state index contributed by atoms with van der Waals surface area (Å²) in [6.07, 6.45) is 2.93. The molecule has 0 atom stereocenters. The van der Waals surface area contributed by atoms with Gasteiger partial charge >= 0.3 is 0 Å². The van der Waals surface area contributed by atoms with Crippen LogP contribution in [-0.4, -0.2) is 43.9 Å². The number of nitrogens with one attached hydrogen (secondary N) is 1. The van der Waals surface area contributed by atoms with Gasteiger partial charge in [-0.1, -0.05) is 18.8 Å². The Morgan fingerprint density at radius 1 is 1.45 bits per heavy atom. The second-order valence-electron chi connectivity index (χ2n) is 3.96. The first-order valence-corrected chi connectivity index (χ1v) is 7.93. The Labute approximate surface area is 118 Å². The van der Waals surface area contributed by atoms with Crippen LogP contribution in [0.4, 0.5) is 0 Å². The Kier molecular flexibility index (Phi) is 6.15. The molecule has 0 aromatic carbocycles. The molecule has 20 heavy (non-hydrogen) atoms. The van der Waals surface area contributed by atoms with Gasteiger partial charge in [-0.15, -0.1) is 0 Å². The number of carbonyl (C=O) groups excluding carboxylic acids is 1. The molecule has 0 aliphatic heterocycles. The van der Waals surface area contributed by atoms with Gasteiger partial charge < -0.3 is 11.1 Å². The van der Waals surface area contributed by atoms with Crippen LogP contribution in [0.5, 0.6) is 0 Å². The van der Waals surface area contributed by atoms with E-state index in [9.17, 15) is 13.2 Å². The number of sulfone groups is 1. The van der Waals surface area contributed by atoms with E-state index in [2.05, 4.69) is 22.1 Å². The van der Waals surface area contributed by atoms with Crippen LogP contribution in [0, 0.1) is 11.8 Å². The Morgan fingerprint density at radius 2 is 2.20 bits per heavy atom. The molecular formula is C13H17N3O3S. The smallest absolute Gasteiger partial charge is 0.252 e. The van der Waals surface area contributed by atoms with Gasteiger partial charge in [0.05, 0.1) is 17.9 Å². The summed E-state index contributed by atoms with van der Waals surface area (Å²) in [5, 5.41) is 2.54. The molecule has 0 radical (unpaired) electrons. The van der Waals surface area contributed by atoms with E-state index in [1.165, 1.54) is 12.4 Å². The van der Waals surface area contributed by atoms with Gasteiger partial charge in [-0.25, -0.2) is 8.42 Å². The fourth-order valence-corrected chi connectivity index (χ4v) is 2.05. The predicted octanol–water partition coefficient (Wildman–Crippen LogP) is -0.444. The summed E-state index contributed by atoms with van der Waals surface area (Å²) in [5.41, 5.74) is 6.19. The third-order valence-electron chi connectivity index (χ3n) is 2.47. The first-order chi connectivity index (χ1) is 9.48. The van der Waals surface area contributed by atoms with Gasteiger partial charge in [0.15, 0.2) is 9.84 Å². The summed E-state index contributed by atoms with van der Waals surface area (Å²) in [5.74, 6) is 5.06. The zero-order valence-corrected chi connectivity index (χ0v) is 12.0. The molecule has 3 N–H and O–H groups in total. The molecule has 1 amide bonds.